The van der Waals surface area contributed by atoms with E-state index in [9.17, 15) is 8.78 Å². The van der Waals surface area contributed by atoms with Crippen molar-refractivity contribution in [3.8, 4) is 5.75 Å². The molecule has 1 heterocycles. The molecule has 1 aliphatic carbocycles. The molecule has 0 aliphatic heterocycles. The Balaban J connectivity index is 1.68. The lowest BCUT2D eigenvalue weighted by molar-refractivity contribution is -0.0505. The summed E-state index contributed by atoms with van der Waals surface area (Å²) in [6, 6.07) is 9.08. The van der Waals surface area contributed by atoms with Gasteiger partial charge >= 0.3 is 6.61 Å². The van der Waals surface area contributed by atoms with Crippen LogP contribution in [-0.4, -0.2) is 6.61 Å². The van der Waals surface area contributed by atoms with E-state index in [0.717, 1.165) is 22.7 Å². The molecule has 1 aromatic heterocycles. The third kappa shape index (κ3) is 3.36. The first-order valence-corrected chi connectivity index (χ1v) is 7.87. The van der Waals surface area contributed by atoms with Crippen LogP contribution in [0.25, 0.3) is 0 Å². The van der Waals surface area contributed by atoms with E-state index in [2.05, 4.69) is 10.1 Å². The number of rotatable bonds is 5. The molecule has 0 amide bonds. The largest absolute Gasteiger partial charge is 0.434 e. The highest BCUT2D eigenvalue weighted by atomic mass is 35.5. The van der Waals surface area contributed by atoms with E-state index in [1.165, 1.54) is 10.4 Å². The van der Waals surface area contributed by atoms with Crippen LogP contribution in [0, 0.1) is 0 Å². The molecule has 0 saturated heterocycles. The number of benzene rings is 1. The highest BCUT2D eigenvalue weighted by Gasteiger charge is 2.24. The van der Waals surface area contributed by atoms with E-state index in [4.69, 9.17) is 11.6 Å². The van der Waals surface area contributed by atoms with Crippen LogP contribution < -0.4 is 10.1 Å². The fourth-order valence-corrected chi connectivity index (χ4v) is 3.99. The Morgan fingerprint density at radius 1 is 1.38 bits per heavy atom. The highest BCUT2D eigenvalue weighted by molar-refractivity contribution is 7.16. The van der Waals surface area contributed by atoms with Crippen LogP contribution in [0.3, 0.4) is 0 Å². The molecule has 3 rings (SSSR count). The van der Waals surface area contributed by atoms with E-state index in [1.807, 2.05) is 12.1 Å². The smallest absolute Gasteiger partial charge is 0.387 e. The van der Waals surface area contributed by atoms with Crippen LogP contribution in [0.1, 0.15) is 28.5 Å². The molecule has 0 bridgehead atoms. The average molecular weight is 330 g/mol. The van der Waals surface area contributed by atoms with Gasteiger partial charge in [-0.3, -0.25) is 0 Å². The van der Waals surface area contributed by atoms with Gasteiger partial charge in [0.15, 0.2) is 0 Å². The van der Waals surface area contributed by atoms with Crippen LogP contribution in [0.15, 0.2) is 30.3 Å². The van der Waals surface area contributed by atoms with Crippen molar-refractivity contribution in [1.82, 2.24) is 5.32 Å². The van der Waals surface area contributed by atoms with Gasteiger partial charge in [0.25, 0.3) is 0 Å². The Bertz CT molecular complexity index is 632. The maximum atomic E-state index is 12.4. The Kier molecular flexibility index (Phi) is 4.42. The molecule has 21 heavy (non-hydrogen) atoms. The van der Waals surface area contributed by atoms with E-state index in [-0.39, 0.29) is 11.8 Å². The zero-order chi connectivity index (χ0) is 14.8. The molecule has 0 saturated carbocycles. The summed E-state index contributed by atoms with van der Waals surface area (Å²) in [5.74, 6) is 0.224. The third-order valence-corrected chi connectivity index (χ3v) is 4.91. The Morgan fingerprint density at radius 2 is 2.19 bits per heavy atom. The number of para-hydroxylation sites is 1. The SMILES string of the molecule is FC(F)Oc1ccccc1CNC1CCc2sc(Cl)cc21. The van der Waals surface area contributed by atoms with Crippen molar-refractivity contribution in [2.45, 2.75) is 32.0 Å². The molecule has 0 radical (unpaired) electrons. The van der Waals surface area contributed by atoms with Gasteiger partial charge < -0.3 is 10.1 Å². The molecular weight excluding hydrogens is 316 g/mol. The topological polar surface area (TPSA) is 21.3 Å². The Labute approximate surface area is 130 Å². The van der Waals surface area contributed by atoms with Gasteiger partial charge in [-0.15, -0.1) is 11.3 Å². The van der Waals surface area contributed by atoms with Crippen molar-refractivity contribution in [2.24, 2.45) is 0 Å². The number of aryl methyl sites for hydroxylation is 1. The molecule has 1 atom stereocenters. The lowest BCUT2D eigenvalue weighted by atomic mass is 10.1. The third-order valence-electron chi connectivity index (χ3n) is 3.57. The van der Waals surface area contributed by atoms with Crippen LogP contribution in [0.5, 0.6) is 5.75 Å². The summed E-state index contributed by atoms with van der Waals surface area (Å²) in [6.45, 7) is -2.32. The van der Waals surface area contributed by atoms with Gasteiger partial charge in [0.2, 0.25) is 0 Å². The monoisotopic (exact) mass is 329 g/mol. The molecule has 112 valence electrons. The minimum absolute atomic E-state index is 0.224. The molecule has 1 N–H and O–H groups in total. The van der Waals surface area contributed by atoms with Crippen LogP contribution in [-0.2, 0) is 13.0 Å². The van der Waals surface area contributed by atoms with E-state index >= 15 is 0 Å². The zero-order valence-corrected chi connectivity index (χ0v) is 12.7. The molecular formula is C15H14ClF2NOS. The summed E-state index contributed by atoms with van der Waals surface area (Å²) < 4.78 is 30.1. The molecule has 1 aliphatic rings. The van der Waals surface area contributed by atoms with E-state index < -0.39 is 6.61 Å². The number of hydrogen-bond donors (Lipinski definition) is 1. The fourth-order valence-electron chi connectivity index (χ4n) is 2.64. The van der Waals surface area contributed by atoms with Crippen LogP contribution in [0.2, 0.25) is 4.34 Å². The summed E-state index contributed by atoms with van der Waals surface area (Å²) in [7, 11) is 0. The lowest BCUT2D eigenvalue weighted by Gasteiger charge is -2.15. The first kappa shape index (κ1) is 14.8. The van der Waals surface area contributed by atoms with Crippen LogP contribution >= 0.6 is 22.9 Å². The van der Waals surface area contributed by atoms with Crippen molar-refractivity contribution in [3.05, 3.63) is 50.7 Å². The highest BCUT2D eigenvalue weighted by Crippen LogP contribution is 2.39. The number of hydrogen-bond acceptors (Lipinski definition) is 3. The molecule has 0 fully saturated rings. The van der Waals surface area contributed by atoms with Gasteiger partial charge in [-0.25, -0.2) is 0 Å². The van der Waals surface area contributed by atoms with E-state index in [1.54, 1.807) is 29.5 Å². The summed E-state index contributed by atoms with van der Waals surface area (Å²) >= 11 is 7.65. The summed E-state index contributed by atoms with van der Waals surface area (Å²) in [5.41, 5.74) is 1.96. The number of thiophene rings is 1. The van der Waals surface area contributed by atoms with Gasteiger partial charge in [-0.1, -0.05) is 29.8 Å². The summed E-state index contributed by atoms with van der Waals surface area (Å²) in [6.07, 6.45) is 2.02. The van der Waals surface area contributed by atoms with Crippen molar-refractivity contribution in [1.29, 1.82) is 0 Å². The van der Waals surface area contributed by atoms with Gasteiger partial charge in [-0.2, -0.15) is 8.78 Å². The first-order valence-electron chi connectivity index (χ1n) is 6.67. The predicted octanol–water partition coefficient (Wildman–Crippen LogP) is 4.78. The minimum atomic E-state index is -2.81. The van der Waals surface area contributed by atoms with Crippen molar-refractivity contribution >= 4 is 22.9 Å². The number of alkyl halides is 2. The molecule has 1 unspecified atom stereocenters. The maximum Gasteiger partial charge on any atom is 0.387 e. The fraction of sp³-hybridized carbons (Fsp3) is 0.333. The second-order valence-electron chi connectivity index (χ2n) is 4.89. The van der Waals surface area contributed by atoms with Crippen molar-refractivity contribution in [3.63, 3.8) is 0 Å². The number of nitrogens with one attached hydrogen (secondary N) is 1. The number of halogens is 3. The van der Waals surface area contributed by atoms with Gasteiger partial charge in [0.05, 0.1) is 4.34 Å². The molecule has 2 aromatic rings. The zero-order valence-electron chi connectivity index (χ0n) is 11.1. The Morgan fingerprint density at radius 3 is 3.00 bits per heavy atom. The van der Waals surface area contributed by atoms with Gasteiger partial charge in [0, 0.05) is 23.0 Å². The van der Waals surface area contributed by atoms with Crippen LogP contribution in [0.4, 0.5) is 8.78 Å². The van der Waals surface area contributed by atoms with Crippen molar-refractivity contribution < 1.29 is 13.5 Å². The maximum absolute atomic E-state index is 12.4. The van der Waals surface area contributed by atoms with Gasteiger partial charge in [0.1, 0.15) is 5.75 Å². The number of ether oxygens (including phenoxy) is 1. The molecule has 6 heteroatoms. The second-order valence-corrected chi connectivity index (χ2v) is 6.66. The second kappa shape index (κ2) is 6.30. The molecule has 1 aromatic carbocycles. The quantitative estimate of drug-likeness (QED) is 0.852. The Hall–Kier alpha value is -1.17. The summed E-state index contributed by atoms with van der Waals surface area (Å²) in [5, 5.41) is 3.40. The minimum Gasteiger partial charge on any atom is -0.434 e. The molecule has 0 spiro atoms. The van der Waals surface area contributed by atoms with Crippen molar-refractivity contribution in [2.75, 3.05) is 0 Å². The number of fused-ring (bicyclic) bond motifs is 1. The average Bonchev–Trinajstić information content (AvgIpc) is 2.97. The standard InChI is InChI=1S/C15H14ClF2NOS/c16-14-7-10-11(5-6-13(10)21-14)19-8-9-3-1-2-4-12(9)20-15(17)18/h1-4,7,11,15,19H,5-6,8H2. The van der Waals surface area contributed by atoms with E-state index in [0.29, 0.717) is 6.54 Å². The first-order chi connectivity index (χ1) is 10.1. The van der Waals surface area contributed by atoms with Gasteiger partial charge in [-0.05, 0) is 30.5 Å². The lowest BCUT2D eigenvalue weighted by Crippen LogP contribution is -2.19. The normalized spacial score (nSPS) is 17.2. The predicted molar refractivity (Wildman–Crippen MR) is 80.3 cm³/mol. The summed E-state index contributed by atoms with van der Waals surface area (Å²) in [4.78, 5) is 1.31. The molecule has 2 nitrogen and oxygen atoms in total.